The summed E-state index contributed by atoms with van der Waals surface area (Å²) in [4.78, 5) is 4.39. The minimum atomic E-state index is -2.91. The molecule has 7 heteroatoms. The van der Waals surface area contributed by atoms with Crippen molar-refractivity contribution in [3.8, 4) is 5.75 Å². The third kappa shape index (κ3) is 4.10. The number of aromatic nitrogens is 2. The zero-order valence-corrected chi connectivity index (χ0v) is 13.9. The van der Waals surface area contributed by atoms with Gasteiger partial charge in [-0.15, -0.1) is 0 Å². The van der Waals surface area contributed by atoms with E-state index in [-0.39, 0.29) is 11.7 Å². The first-order valence-electron chi connectivity index (χ1n) is 7.69. The Hall–Kier alpha value is -1.89. The quantitative estimate of drug-likeness (QED) is 0.831. The monoisotopic (exact) mass is 336 g/mol. The lowest BCUT2D eigenvalue weighted by molar-refractivity contribution is 0.346. The first kappa shape index (κ1) is 16.0. The highest BCUT2D eigenvalue weighted by Gasteiger charge is 2.26. The summed E-state index contributed by atoms with van der Waals surface area (Å²) in [6.07, 6.45) is 2.66. The van der Waals surface area contributed by atoms with E-state index in [1.165, 1.54) is 0 Å². The molecule has 1 aliphatic rings. The third-order valence-corrected chi connectivity index (χ3v) is 5.96. The second-order valence-corrected chi connectivity index (χ2v) is 8.15. The lowest BCUT2D eigenvalue weighted by Crippen LogP contribution is -2.26. The molecular weight excluding hydrogens is 316 g/mol. The number of nitrogens with zero attached hydrogens (tertiary/aromatic N) is 2. The van der Waals surface area contributed by atoms with Gasteiger partial charge in [-0.25, -0.2) is 8.42 Å². The van der Waals surface area contributed by atoms with Crippen molar-refractivity contribution < 1.29 is 17.7 Å². The summed E-state index contributed by atoms with van der Waals surface area (Å²) < 4.78 is 34.0. The van der Waals surface area contributed by atoms with Crippen LogP contribution in [0.3, 0.4) is 0 Å². The average molecular weight is 336 g/mol. The Balaban J connectivity index is 1.66. The van der Waals surface area contributed by atoms with Gasteiger partial charge >= 0.3 is 0 Å². The lowest BCUT2D eigenvalue weighted by atomic mass is 10.0. The molecule has 6 nitrogen and oxygen atoms in total. The Morgan fingerprint density at radius 3 is 2.96 bits per heavy atom. The highest BCUT2D eigenvalue weighted by molar-refractivity contribution is 7.91. The van der Waals surface area contributed by atoms with E-state index in [4.69, 9.17) is 9.26 Å². The highest BCUT2D eigenvalue weighted by Crippen LogP contribution is 2.23. The molecule has 2 aromatic rings. The molecular formula is C16H20N2O4S. The largest absolute Gasteiger partial charge is 0.496 e. The maximum atomic E-state index is 11.7. The van der Waals surface area contributed by atoms with Gasteiger partial charge in [0.15, 0.2) is 15.7 Å². The van der Waals surface area contributed by atoms with E-state index in [1.807, 2.05) is 24.3 Å². The van der Waals surface area contributed by atoms with Crippen LogP contribution in [0.5, 0.6) is 5.75 Å². The summed E-state index contributed by atoms with van der Waals surface area (Å²) in [5.74, 6) is 2.48. The third-order valence-electron chi connectivity index (χ3n) is 4.07. The van der Waals surface area contributed by atoms with Crippen LogP contribution in [-0.2, 0) is 22.7 Å². The van der Waals surface area contributed by atoms with Crippen molar-refractivity contribution in [3.63, 3.8) is 0 Å². The van der Waals surface area contributed by atoms with E-state index in [2.05, 4.69) is 10.1 Å². The predicted molar refractivity (Wildman–Crippen MR) is 85.2 cm³/mol. The molecule has 1 aliphatic heterocycles. The molecule has 0 spiro atoms. The zero-order valence-electron chi connectivity index (χ0n) is 13.1. The van der Waals surface area contributed by atoms with Crippen molar-refractivity contribution >= 4 is 9.84 Å². The first-order chi connectivity index (χ1) is 11.1. The summed E-state index contributed by atoms with van der Waals surface area (Å²) in [7, 11) is -1.28. The van der Waals surface area contributed by atoms with Gasteiger partial charge in [0.25, 0.3) is 0 Å². The van der Waals surface area contributed by atoms with Crippen LogP contribution in [0.15, 0.2) is 28.8 Å². The molecule has 23 heavy (non-hydrogen) atoms. The normalized spacial score (nSPS) is 20.3. The van der Waals surface area contributed by atoms with Crippen LogP contribution in [0, 0.1) is 5.92 Å². The van der Waals surface area contributed by atoms with Gasteiger partial charge in [-0.3, -0.25) is 0 Å². The molecule has 0 aliphatic carbocycles. The zero-order chi connectivity index (χ0) is 16.3. The number of hydrogen-bond donors (Lipinski definition) is 0. The van der Waals surface area contributed by atoms with E-state index in [9.17, 15) is 8.42 Å². The van der Waals surface area contributed by atoms with Crippen molar-refractivity contribution in [2.24, 2.45) is 5.92 Å². The van der Waals surface area contributed by atoms with Crippen LogP contribution in [0.1, 0.15) is 30.1 Å². The Bertz CT molecular complexity index is 770. The molecule has 0 N–H and O–H groups in total. The van der Waals surface area contributed by atoms with Gasteiger partial charge in [-0.2, -0.15) is 4.98 Å². The van der Waals surface area contributed by atoms with Crippen molar-refractivity contribution in [2.45, 2.75) is 25.7 Å². The molecule has 0 radical (unpaired) electrons. The van der Waals surface area contributed by atoms with Gasteiger partial charge in [0.05, 0.1) is 18.6 Å². The molecule has 1 unspecified atom stereocenters. The minimum Gasteiger partial charge on any atom is -0.496 e. The smallest absolute Gasteiger partial charge is 0.226 e. The summed E-state index contributed by atoms with van der Waals surface area (Å²) >= 11 is 0. The fourth-order valence-corrected chi connectivity index (χ4v) is 4.77. The summed E-state index contributed by atoms with van der Waals surface area (Å²) in [5, 5.41) is 4.00. The topological polar surface area (TPSA) is 82.3 Å². The Labute approximate surface area is 135 Å². The number of benzene rings is 1. The van der Waals surface area contributed by atoms with Crippen LogP contribution in [0.4, 0.5) is 0 Å². The van der Waals surface area contributed by atoms with Crippen molar-refractivity contribution in [3.05, 3.63) is 41.5 Å². The first-order valence-corrected chi connectivity index (χ1v) is 9.51. The standard InChI is InChI=1S/C16H20N2O4S/c1-21-14-7-3-2-6-13(14)10-15-17-16(22-18-15)9-12-5-4-8-23(19,20)11-12/h2-3,6-7,12H,4-5,8-11H2,1H3. The lowest BCUT2D eigenvalue weighted by Gasteiger charge is -2.19. The SMILES string of the molecule is COc1ccccc1Cc1noc(CC2CCCS(=O)(=O)C2)n1. The number of ether oxygens (including phenoxy) is 1. The van der Waals surface area contributed by atoms with Gasteiger partial charge in [-0.1, -0.05) is 23.4 Å². The second kappa shape index (κ2) is 6.70. The highest BCUT2D eigenvalue weighted by atomic mass is 32.2. The number of para-hydroxylation sites is 1. The molecule has 1 fully saturated rings. The van der Waals surface area contributed by atoms with E-state index < -0.39 is 9.84 Å². The summed E-state index contributed by atoms with van der Waals surface area (Å²) in [5.41, 5.74) is 0.989. The molecule has 1 aromatic heterocycles. The van der Waals surface area contributed by atoms with Gasteiger partial charge in [0, 0.05) is 18.4 Å². The van der Waals surface area contributed by atoms with Gasteiger partial charge < -0.3 is 9.26 Å². The Morgan fingerprint density at radius 1 is 1.35 bits per heavy atom. The average Bonchev–Trinajstić information content (AvgIpc) is 2.94. The fraction of sp³-hybridized carbons (Fsp3) is 0.500. The minimum absolute atomic E-state index is 0.0771. The van der Waals surface area contributed by atoms with E-state index in [0.29, 0.717) is 30.3 Å². The van der Waals surface area contributed by atoms with Crippen LogP contribution in [0.25, 0.3) is 0 Å². The van der Waals surface area contributed by atoms with Crippen molar-refractivity contribution in [1.29, 1.82) is 0 Å². The maximum absolute atomic E-state index is 11.7. The Morgan fingerprint density at radius 2 is 2.17 bits per heavy atom. The maximum Gasteiger partial charge on any atom is 0.226 e. The molecule has 3 rings (SSSR count). The van der Waals surface area contributed by atoms with E-state index in [0.717, 1.165) is 24.2 Å². The summed E-state index contributed by atoms with van der Waals surface area (Å²) in [6.45, 7) is 0. The number of sulfone groups is 1. The molecule has 0 saturated carbocycles. The molecule has 1 aromatic carbocycles. The van der Waals surface area contributed by atoms with Crippen molar-refractivity contribution in [1.82, 2.24) is 10.1 Å². The van der Waals surface area contributed by atoms with Crippen molar-refractivity contribution in [2.75, 3.05) is 18.6 Å². The molecule has 2 heterocycles. The molecule has 1 atom stereocenters. The number of methoxy groups -OCH3 is 1. The van der Waals surface area contributed by atoms with Crippen LogP contribution in [0.2, 0.25) is 0 Å². The van der Waals surface area contributed by atoms with Gasteiger partial charge in [0.2, 0.25) is 5.89 Å². The van der Waals surface area contributed by atoms with Crippen LogP contribution >= 0.6 is 0 Å². The molecule has 0 bridgehead atoms. The predicted octanol–water partition coefficient (Wildman–Crippen LogP) is 2.04. The second-order valence-electron chi connectivity index (χ2n) is 5.92. The van der Waals surface area contributed by atoms with Gasteiger partial charge in [-0.05, 0) is 24.8 Å². The summed E-state index contributed by atoms with van der Waals surface area (Å²) in [6, 6.07) is 7.70. The molecule has 1 saturated heterocycles. The van der Waals surface area contributed by atoms with Crippen LogP contribution in [-0.4, -0.2) is 37.2 Å². The van der Waals surface area contributed by atoms with Gasteiger partial charge in [0.1, 0.15) is 5.75 Å². The number of rotatable bonds is 5. The van der Waals surface area contributed by atoms with E-state index in [1.54, 1.807) is 7.11 Å². The molecule has 124 valence electrons. The Kier molecular flexibility index (Phi) is 4.66. The van der Waals surface area contributed by atoms with E-state index >= 15 is 0 Å². The fourth-order valence-electron chi connectivity index (χ4n) is 2.99. The number of hydrogen-bond acceptors (Lipinski definition) is 6. The molecule has 0 amide bonds. The van der Waals surface area contributed by atoms with Crippen LogP contribution < -0.4 is 4.74 Å².